The summed E-state index contributed by atoms with van der Waals surface area (Å²) in [7, 11) is -4.88. The first-order valence-electron chi connectivity index (χ1n) is 8.71. The van der Waals surface area contributed by atoms with E-state index in [-0.39, 0.29) is 27.1 Å². The number of ether oxygens (including phenoxy) is 1. The van der Waals surface area contributed by atoms with E-state index in [1.807, 2.05) is 0 Å². The summed E-state index contributed by atoms with van der Waals surface area (Å²) >= 11 is 0. The number of benzene rings is 2. The molecular weight excluding hydrogens is 418 g/mol. The van der Waals surface area contributed by atoms with Gasteiger partial charge in [0.2, 0.25) is 10.0 Å². The fraction of sp³-hybridized carbons (Fsp3) is 0.278. The molecule has 1 saturated carbocycles. The number of rotatable bonds is 8. The number of anilines is 1. The molecular formula is C18H21N3O6S2. The zero-order valence-corrected chi connectivity index (χ0v) is 17.4. The summed E-state index contributed by atoms with van der Waals surface area (Å²) in [5, 5.41) is 2.44. The van der Waals surface area contributed by atoms with Crippen molar-refractivity contribution in [1.29, 1.82) is 0 Å². The molecule has 0 atom stereocenters. The van der Waals surface area contributed by atoms with Crippen molar-refractivity contribution in [3.63, 3.8) is 0 Å². The van der Waals surface area contributed by atoms with E-state index in [4.69, 9.17) is 4.74 Å². The second kappa shape index (κ2) is 8.01. The van der Waals surface area contributed by atoms with Gasteiger partial charge in [-0.15, -0.1) is 0 Å². The first-order chi connectivity index (χ1) is 13.7. The third-order valence-corrected chi connectivity index (χ3v) is 7.20. The lowest BCUT2D eigenvalue weighted by molar-refractivity contribution is 0.0963. The monoisotopic (exact) mass is 439 g/mol. The van der Waals surface area contributed by atoms with Crippen LogP contribution in [0.4, 0.5) is 5.69 Å². The van der Waals surface area contributed by atoms with Gasteiger partial charge in [-0.3, -0.25) is 9.52 Å². The molecule has 0 unspecified atom stereocenters. The normalized spacial score (nSPS) is 14.3. The number of amides is 1. The molecule has 0 aliphatic heterocycles. The van der Waals surface area contributed by atoms with Crippen molar-refractivity contribution in [3.05, 3.63) is 48.0 Å². The molecule has 3 N–H and O–H groups in total. The van der Waals surface area contributed by atoms with E-state index < -0.39 is 26.0 Å². The van der Waals surface area contributed by atoms with Crippen LogP contribution in [0.5, 0.6) is 5.75 Å². The van der Waals surface area contributed by atoms with Gasteiger partial charge in [0.05, 0.1) is 28.2 Å². The molecule has 3 rings (SSSR count). The molecule has 2 aromatic rings. The Morgan fingerprint density at radius 3 is 2.07 bits per heavy atom. The zero-order valence-electron chi connectivity index (χ0n) is 15.8. The molecule has 1 amide bonds. The van der Waals surface area contributed by atoms with E-state index in [0.717, 1.165) is 12.8 Å². The minimum Gasteiger partial charge on any atom is -0.497 e. The molecule has 1 aliphatic rings. The molecule has 9 nitrogen and oxygen atoms in total. The minimum atomic E-state index is -4.06. The quantitative estimate of drug-likeness (QED) is 0.568. The lowest BCUT2D eigenvalue weighted by Crippen LogP contribution is -2.25. The molecule has 0 radical (unpaired) electrons. The van der Waals surface area contributed by atoms with Crippen molar-refractivity contribution < 1.29 is 26.4 Å². The topological polar surface area (TPSA) is 131 Å². The van der Waals surface area contributed by atoms with Crippen LogP contribution in [0, 0.1) is 0 Å². The van der Waals surface area contributed by atoms with Crippen LogP contribution in [0.3, 0.4) is 0 Å². The summed E-state index contributed by atoms with van der Waals surface area (Å²) in [5.41, 5.74) is 0.153. The van der Waals surface area contributed by atoms with Crippen molar-refractivity contribution in [2.45, 2.75) is 28.7 Å². The van der Waals surface area contributed by atoms with Gasteiger partial charge in [-0.2, -0.15) is 0 Å². The van der Waals surface area contributed by atoms with Crippen LogP contribution in [0.25, 0.3) is 0 Å². The predicted octanol–water partition coefficient (Wildman–Crippen LogP) is 1.30. The molecule has 0 heterocycles. The maximum Gasteiger partial charge on any atom is 0.261 e. The van der Waals surface area contributed by atoms with Crippen molar-refractivity contribution in [3.8, 4) is 5.75 Å². The Labute approximate surface area is 169 Å². The first kappa shape index (κ1) is 21.1. The minimum absolute atomic E-state index is 0.0150. The third-order valence-electron chi connectivity index (χ3n) is 4.29. The molecule has 0 saturated heterocycles. The predicted molar refractivity (Wildman–Crippen MR) is 107 cm³/mol. The van der Waals surface area contributed by atoms with Crippen LogP contribution in [0.2, 0.25) is 0 Å². The highest BCUT2D eigenvalue weighted by Gasteiger charge is 2.28. The third kappa shape index (κ3) is 4.86. The van der Waals surface area contributed by atoms with Gasteiger partial charge < -0.3 is 10.1 Å². The van der Waals surface area contributed by atoms with E-state index in [1.54, 1.807) is 0 Å². The van der Waals surface area contributed by atoms with Crippen LogP contribution in [-0.2, 0) is 20.0 Å². The van der Waals surface area contributed by atoms with Crippen LogP contribution in [0.15, 0.2) is 52.3 Å². The maximum atomic E-state index is 12.7. The van der Waals surface area contributed by atoms with E-state index in [0.29, 0.717) is 5.75 Å². The number of methoxy groups -OCH3 is 1. The second-order valence-corrected chi connectivity index (χ2v) is 9.86. The number of nitrogens with one attached hydrogen (secondary N) is 3. The van der Waals surface area contributed by atoms with Gasteiger partial charge >= 0.3 is 0 Å². The highest BCUT2D eigenvalue weighted by molar-refractivity contribution is 7.92. The summed E-state index contributed by atoms with van der Waals surface area (Å²) in [6, 6.07) is 9.15. The number of carbonyl (C=O) groups excluding carboxylic acids is 1. The average molecular weight is 440 g/mol. The highest BCUT2D eigenvalue weighted by Crippen LogP contribution is 2.26. The standard InChI is InChI=1S/C18H21N3O6S2/c1-19-18(22)16-11-13(27-2)5-10-17(16)21-29(25,26)15-8-6-14(7-9-15)28(23,24)20-12-3-4-12/h5-12,20-21H,3-4H2,1-2H3,(H,19,22). The van der Waals surface area contributed by atoms with Gasteiger partial charge in [-0.1, -0.05) is 0 Å². The summed E-state index contributed by atoms with van der Waals surface area (Å²) in [6.45, 7) is 0. The number of sulfonamides is 2. The lowest BCUT2D eigenvalue weighted by Gasteiger charge is -2.13. The smallest absolute Gasteiger partial charge is 0.261 e. The van der Waals surface area contributed by atoms with Gasteiger partial charge in [0, 0.05) is 13.1 Å². The lowest BCUT2D eigenvalue weighted by atomic mass is 10.1. The van der Waals surface area contributed by atoms with Crippen molar-refractivity contribution in [1.82, 2.24) is 10.0 Å². The average Bonchev–Trinajstić information content (AvgIpc) is 3.51. The maximum absolute atomic E-state index is 12.7. The van der Waals surface area contributed by atoms with E-state index >= 15 is 0 Å². The van der Waals surface area contributed by atoms with Gasteiger partial charge in [-0.05, 0) is 55.3 Å². The van der Waals surface area contributed by atoms with Gasteiger partial charge in [0.15, 0.2) is 0 Å². The summed E-state index contributed by atoms with van der Waals surface area (Å²) in [6.07, 6.45) is 1.59. The molecule has 0 bridgehead atoms. The first-order valence-corrected chi connectivity index (χ1v) is 11.7. The Balaban J connectivity index is 1.87. The molecule has 0 spiro atoms. The molecule has 29 heavy (non-hydrogen) atoms. The Morgan fingerprint density at radius 1 is 0.966 bits per heavy atom. The van der Waals surface area contributed by atoms with E-state index in [9.17, 15) is 21.6 Å². The molecule has 0 aromatic heterocycles. The Morgan fingerprint density at radius 2 is 1.55 bits per heavy atom. The number of hydrogen-bond acceptors (Lipinski definition) is 6. The zero-order chi connectivity index (χ0) is 21.2. The van der Waals surface area contributed by atoms with Crippen LogP contribution >= 0.6 is 0 Å². The van der Waals surface area contributed by atoms with Gasteiger partial charge in [0.25, 0.3) is 15.9 Å². The Hall–Kier alpha value is -2.63. The number of carbonyl (C=O) groups is 1. The Bertz CT molecular complexity index is 1120. The van der Waals surface area contributed by atoms with Crippen LogP contribution in [-0.4, -0.2) is 42.9 Å². The SMILES string of the molecule is CNC(=O)c1cc(OC)ccc1NS(=O)(=O)c1ccc(S(=O)(=O)NC2CC2)cc1. The second-order valence-electron chi connectivity index (χ2n) is 6.46. The van der Waals surface area contributed by atoms with Crippen LogP contribution in [0.1, 0.15) is 23.2 Å². The molecule has 156 valence electrons. The summed E-state index contributed by atoms with van der Waals surface area (Å²) < 4.78 is 59.9. The van der Waals surface area contributed by atoms with Gasteiger partial charge in [0.1, 0.15) is 5.75 Å². The largest absolute Gasteiger partial charge is 0.497 e. The van der Waals surface area contributed by atoms with Gasteiger partial charge in [-0.25, -0.2) is 21.6 Å². The number of hydrogen-bond donors (Lipinski definition) is 3. The van der Waals surface area contributed by atoms with Crippen molar-refractivity contribution >= 4 is 31.6 Å². The fourth-order valence-corrected chi connectivity index (χ4v) is 4.94. The molecule has 1 aliphatic carbocycles. The molecule has 2 aromatic carbocycles. The molecule has 11 heteroatoms. The molecule has 1 fully saturated rings. The highest BCUT2D eigenvalue weighted by atomic mass is 32.2. The van der Waals surface area contributed by atoms with E-state index in [1.165, 1.54) is 56.6 Å². The fourth-order valence-electron chi connectivity index (χ4n) is 2.55. The van der Waals surface area contributed by atoms with Crippen molar-refractivity contribution in [2.75, 3.05) is 18.9 Å². The summed E-state index contributed by atoms with van der Waals surface area (Å²) in [4.78, 5) is 11.9. The summed E-state index contributed by atoms with van der Waals surface area (Å²) in [5.74, 6) is -0.0986. The van der Waals surface area contributed by atoms with Crippen molar-refractivity contribution in [2.24, 2.45) is 0 Å². The van der Waals surface area contributed by atoms with E-state index in [2.05, 4.69) is 14.8 Å². The van der Waals surface area contributed by atoms with Crippen LogP contribution < -0.4 is 19.5 Å². The Kier molecular flexibility index (Phi) is 5.82.